The fraction of sp³-hybridized carbons (Fsp3) is 0.560. The van der Waals surface area contributed by atoms with Gasteiger partial charge in [0.25, 0.3) is 0 Å². The number of H-pyrrole nitrogens is 1. The highest BCUT2D eigenvalue weighted by molar-refractivity contribution is 5.90. The Hall–Kier alpha value is -3.45. The molecule has 0 aromatic carbocycles. The molecule has 3 aromatic heterocycles. The number of nitriles is 1. The van der Waals surface area contributed by atoms with E-state index in [1.54, 1.807) is 6.33 Å². The molecule has 0 unspecified atom stereocenters. The van der Waals surface area contributed by atoms with E-state index in [2.05, 4.69) is 57.1 Å². The standard InChI is InChI=1S/C25H33N9O/c1-24(2,3)16-28-23(35)33-10-8-32(9-11-33)19-12-25(13-19,5-6-26)34-15-18(14-31-34)21-20-4-7-27-22(20)30-17-29-21/h4,7,14-15,17,19H,5,8-13,16H2,1-3H3,(H,28,35)(H,27,29,30)/t19-,25-. The molecule has 2 aliphatic rings. The van der Waals surface area contributed by atoms with Crippen LogP contribution < -0.4 is 5.32 Å². The van der Waals surface area contributed by atoms with Crippen LogP contribution >= 0.6 is 0 Å². The van der Waals surface area contributed by atoms with E-state index in [1.165, 1.54) is 0 Å². The first-order chi connectivity index (χ1) is 16.8. The Morgan fingerprint density at radius 1 is 1.26 bits per heavy atom. The predicted molar refractivity (Wildman–Crippen MR) is 132 cm³/mol. The molecule has 1 aliphatic carbocycles. The van der Waals surface area contributed by atoms with Crippen LogP contribution in [0.4, 0.5) is 4.79 Å². The molecule has 10 nitrogen and oxygen atoms in total. The van der Waals surface area contributed by atoms with Gasteiger partial charge in [0.05, 0.1) is 29.9 Å². The fourth-order valence-corrected chi connectivity index (χ4v) is 5.18. The van der Waals surface area contributed by atoms with Gasteiger partial charge in [-0.1, -0.05) is 20.8 Å². The Morgan fingerprint density at radius 3 is 2.74 bits per heavy atom. The van der Waals surface area contributed by atoms with Crippen molar-refractivity contribution in [2.45, 2.75) is 51.6 Å². The number of carbonyl (C=O) groups excluding carboxylic acids is 1. The zero-order chi connectivity index (χ0) is 24.6. The predicted octanol–water partition coefficient (Wildman–Crippen LogP) is 2.97. The number of aromatic amines is 1. The highest BCUT2D eigenvalue weighted by atomic mass is 16.2. The van der Waals surface area contributed by atoms with Crippen LogP contribution in [0.5, 0.6) is 0 Å². The number of nitrogens with one attached hydrogen (secondary N) is 2. The van der Waals surface area contributed by atoms with E-state index >= 15 is 0 Å². The van der Waals surface area contributed by atoms with Crippen molar-refractivity contribution in [2.24, 2.45) is 5.41 Å². The van der Waals surface area contributed by atoms with Gasteiger partial charge in [0.1, 0.15) is 12.0 Å². The summed E-state index contributed by atoms with van der Waals surface area (Å²) in [6, 6.07) is 4.77. The molecule has 1 aliphatic heterocycles. The summed E-state index contributed by atoms with van der Waals surface area (Å²) >= 11 is 0. The lowest BCUT2D eigenvalue weighted by atomic mass is 9.70. The molecule has 0 radical (unpaired) electrons. The van der Waals surface area contributed by atoms with Crippen LogP contribution in [0.3, 0.4) is 0 Å². The number of carbonyl (C=O) groups is 1. The van der Waals surface area contributed by atoms with Gasteiger partial charge >= 0.3 is 6.03 Å². The molecule has 5 rings (SSSR count). The Morgan fingerprint density at radius 2 is 2.03 bits per heavy atom. The molecule has 184 valence electrons. The van der Waals surface area contributed by atoms with Crippen LogP contribution in [0, 0.1) is 16.7 Å². The summed E-state index contributed by atoms with van der Waals surface area (Å²) in [5.74, 6) is 0. The third kappa shape index (κ3) is 4.60. The van der Waals surface area contributed by atoms with Crippen molar-refractivity contribution in [3.63, 3.8) is 0 Å². The lowest BCUT2D eigenvalue weighted by molar-refractivity contribution is -0.0130. The lowest BCUT2D eigenvalue weighted by Gasteiger charge is -2.52. The maximum Gasteiger partial charge on any atom is 0.317 e. The zero-order valence-electron chi connectivity index (χ0n) is 20.7. The summed E-state index contributed by atoms with van der Waals surface area (Å²) in [6.07, 6.45) is 9.43. The number of fused-ring (bicyclic) bond motifs is 1. The van der Waals surface area contributed by atoms with Crippen molar-refractivity contribution in [2.75, 3.05) is 32.7 Å². The number of hydrogen-bond donors (Lipinski definition) is 2. The summed E-state index contributed by atoms with van der Waals surface area (Å²) in [7, 11) is 0. The summed E-state index contributed by atoms with van der Waals surface area (Å²) in [5.41, 5.74) is 2.33. The first-order valence-electron chi connectivity index (χ1n) is 12.3. The quantitative estimate of drug-likeness (QED) is 0.586. The first-order valence-corrected chi connectivity index (χ1v) is 12.3. The number of amides is 2. The smallest absolute Gasteiger partial charge is 0.317 e. The molecule has 3 aromatic rings. The number of aromatic nitrogens is 5. The average Bonchev–Trinajstić information content (AvgIpc) is 3.49. The molecule has 1 saturated carbocycles. The van der Waals surface area contributed by atoms with Gasteiger partial charge in [0.2, 0.25) is 0 Å². The minimum Gasteiger partial charge on any atom is -0.346 e. The third-order valence-corrected chi connectivity index (χ3v) is 7.22. The molecule has 0 atom stereocenters. The van der Waals surface area contributed by atoms with Gasteiger partial charge in [0, 0.05) is 62.1 Å². The van der Waals surface area contributed by atoms with Crippen LogP contribution in [0.2, 0.25) is 0 Å². The topological polar surface area (TPSA) is 119 Å². The Balaban J connectivity index is 1.22. The maximum absolute atomic E-state index is 12.5. The van der Waals surface area contributed by atoms with Crippen molar-refractivity contribution in [3.8, 4) is 17.3 Å². The molecular weight excluding hydrogens is 442 g/mol. The van der Waals surface area contributed by atoms with Crippen molar-refractivity contribution in [3.05, 3.63) is 31.0 Å². The van der Waals surface area contributed by atoms with Gasteiger partial charge in [0.15, 0.2) is 0 Å². The van der Waals surface area contributed by atoms with Crippen molar-refractivity contribution in [1.82, 2.24) is 39.8 Å². The van der Waals surface area contributed by atoms with Crippen molar-refractivity contribution >= 4 is 17.1 Å². The normalized spacial score (nSPS) is 23.1. The van der Waals surface area contributed by atoms with E-state index in [-0.39, 0.29) is 17.0 Å². The summed E-state index contributed by atoms with van der Waals surface area (Å²) in [5, 5.41) is 18.3. The monoisotopic (exact) mass is 475 g/mol. The van der Waals surface area contributed by atoms with E-state index in [9.17, 15) is 10.1 Å². The SMILES string of the molecule is CC(C)(C)CNC(=O)N1CCN([C@H]2C[C@](CC#N)(n3cc(-c4ncnc5[nH]ccc45)cn3)C2)CC1. The van der Waals surface area contributed by atoms with Gasteiger partial charge in [-0.2, -0.15) is 10.4 Å². The van der Waals surface area contributed by atoms with Gasteiger partial charge in [-0.3, -0.25) is 9.58 Å². The lowest BCUT2D eigenvalue weighted by Crippen LogP contribution is -2.61. The second kappa shape index (κ2) is 8.96. The van der Waals surface area contributed by atoms with E-state index in [0.717, 1.165) is 61.3 Å². The van der Waals surface area contributed by atoms with Crippen LogP contribution in [0.25, 0.3) is 22.3 Å². The van der Waals surface area contributed by atoms with Gasteiger partial charge < -0.3 is 15.2 Å². The fourth-order valence-electron chi connectivity index (χ4n) is 5.18. The number of hydrogen-bond acceptors (Lipinski definition) is 6. The van der Waals surface area contributed by atoms with Crippen LogP contribution in [-0.2, 0) is 5.54 Å². The largest absolute Gasteiger partial charge is 0.346 e. The second-order valence-corrected chi connectivity index (χ2v) is 11.0. The molecule has 10 heteroatoms. The number of nitrogens with zero attached hydrogens (tertiary/aromatic N) is 7. The first kappa shape index (κ1) is 23.3. The van der Waals surface area contributed by atoms with Gasteiger partial charge in [-0.05, 0) is 24.3 Å². The molecule has 1 saturated heterocycles. The van der Waals surface area contributed by atoms with Crippen molar-refractivity contribution < 1.29 is 4.79 Å². The van der Waals surface area contributed by atoms with E-state index in [4.69, 9.17) is 0 Å². The zero-order valence-corrected chi connectivity index (χ0v) is 20.7. The van der Waals surface area contributed by atoms with Crippen LogP contribution in [-0.4, -0.2) is 79.3 Å². The highest BCUT2D eigenvalue weighted by Crippen LogP contribution is 2.45. The average molecular weight is 476 g/mol. The molecule has 35 heavy (non-hydrogen) atoms. The third-order valence-electron chi connectivity index (χ3n) is 7.22. The molecule has 2 fully saturated rings. The summed E-state index contributed by atoms with van der Waals surface area (Å²) in [4.78, 5) is 28.7. The van der Waals surface area contributed by atoms with Gasteiger partial charge in [-0.15, -0.1) is 0 Å². The highest BCUT2D eigenvalue weighted by Gasteiger charge is 2.49. The Bertz CT molecular complexity index is 1230. The minimum atomic E-state index is -0.302. The summed E-state index contributed by atoms with van der Waals surface area (Å²) in [6.45, 7) is 10.2. The van der Waals surface area contributed by atoms with E-state index < -0.39 is 0 Å². The molecule has 4 heterocycles. The van der Waals surface area contributed by atoms with Crippen LogP contribution in [0.1, 0.15) is 40.0 Å². The Labute approximate surface area is 205 Å². The van der Waals surface area contributed by atoms with Crippen molar-refractivity contribution in [1.29, 1.82) is 5.26 Å². The molecular formula is C25H33N9O. The minimum absolute atomic E-state index is 0.0253. The molecule has 0 bridgehead atoms. The number of piperazine rings is 1. The van der Waals surface area contributed by atoms with E-state index in [0.29, 0.717) is 19.0 Å². The molecule has 2 N–H and O–H groups in total. The maximum atomic E-state index is 12.5. The molecule has 2 amide bonds. The Kier molecular flexibility index (Phi) is 5.97. The van der Waals surface area contributed by atoms with E-state index in [1.807, 2.05) is 34.2 Å². The van der Waals surface area contributed by atoms with Crippen LogP contribution in [0.15, 0.2) is 31.0 Å². The molecule has 0 spiro atoms. The number of rotatable bonds is 5. The summed E-state index contributed by atoms with van der Waals surface area (Å²) < 4.78 is 1.97. The van der Waals surface area contributed by atoms with Gasteiger partial charge in [-0.25, -0.2) is 14.8 Å². The number of urea groups is 1. The second-order valence-electron chi connectivity index (χ2n) is 11.0.